The number of hydrogen-bond acceptors (Lipinski definition) is 4. The van der Waals surface area contributed by atoms with E-state index in [1.165, 1.54) is 17.8 Å². The van der Waals surface area contributed by atoms with Gasteiger partial charge in [-0.15, -0.1) is 0 Å². The summed E-state index contributed by atoms with van der Waals surface area (Å²) < 4.78 is 0. The Morgan fingerprint density at radius 1 is 1.17 bits per heavy atom. The van der Waals surface area contributed by atoms with Gasteiger partial charge >= 0.3 is 0 Å². The molecule has 0 amide bonds. The number of benzene rings is 1. The highest BCUT2D eigenvalue weighted by Crippen LogP contribution is 2.29. The van der Waals surface area contributed by atoms with Crippen LogP contribution in [-0.2, 0) is 5.75 Å². The lowest BCUT2D eigenvalue weighted by Crippen LogP contribution is -1.79. The molecule has 3 aromatic rings. The summed E-state index contributed by atoms with van der Waals surface area (Å²) in [6.45, 7) is 0. The minimum absolute atomic E-state index is 0.00360. The summed E-state index contributed by atoms with van der Waals surface area (Å²) in [5, 5.41) is 19.5. The van der Waals surface area contributed by atoms with Crippen molar-refractivity contribution in [2.24, 2.45) is 0 Å². The van der Waals surface area contributed by atoms with Crippen LogP contribution in [-0.4, -0.2) is 25.2 Å². The van der Waals surface area contributed by atoms with Crippen LogP contribution in [0.25, 0.3) is 11.0 Å². The van der Waals surface area contributed by atoms with Gasteiger partial charge in [0, 0.05) is 17.4 Å². The van der Waals surface area contributed by atoms with Crippen molar-refractivity contribution < 1.29 is 10.2 Å². The Hall–Kier alpha value is -2.08. The van der Waals surface area contributed by atoms with Crippen molar-refractivity contribution in [3.63, 3.8) is 0 Å². The average molecular weight is 261 g/mol. The Morgan fingerprint density at radius 2 is 2.00 bits per heavy atom. The molecule has 0 atom stereocenters. The third-order valence-electron chi connectivity index (χ3n) is 2.59. The van der Waals surface area contributed by atoms with E-state index in [0.717, 1.165) is 16.2 Å². The predicted molar refractivity (Wildman–Crippen MR) is 69.8 cm³/mol. The van der Waals surface area contributed by atoms with Gasteiger partial charge in [-0.2, -0.15) is 0 Å². The summed E-state index contributed by atoms with van der Waals surface area (Å²) in [4.78, 5) is 10.0. The Labute approximate surface area is 107 Å². The molecule has 2 aromatic heterocycles. The van der Waals surface area contributed by atoms with Gasteiger partial charge in [-0.05, 0) is 12.1 Å². The topological polar surface area (TPSA) is 84.9 Å². The van der Waals surface area contributed by atoms with Crippen LogP contribution < -0.4 is 0 Å². The predicted octanol–water partition coefficient (Wildman–Crippen LogP) is 2.59. The molecule has 0 aliphatic heterocycles. The number of rotatable bonds is 3. The number of fused-ring (bicyclic) bond motifs is 1. The van der Waals surface area contributed by atoms with Crippen LogP contribution in [0.5, 0.6) is 11.8 Å². The average Bonchev–Trinajstić information content (AvgIpc) is 2.89. The van der Waals surface area contributed by atoms with Crippen molar-refractivity contribution in [3.8, 4) is 11.8 Å². The van der Waals surface area contributed by atoms with Gasteiger partial charge in [0.1, 0.15) is 0 Å². The fourth-order valence-electron chi connectivity index (χ4n) is 1.72. The van der Waals surface area contributed by atoms with Gasteiger partial charge in [-0.1, -0.05) is 23.9 Å². The van der Waals surface area contributed by atoms with Crippen LogP contribution in [0.2, 0.25) is 0 Å². The molecule has 18 heavy (non-hydrogen) atoms. The monoisotopic (exact) mass is 261 g/mol. The highest BCUT2D eigenvalue weighted by molar-refractivity contribution is 7.98. The molecule has 0 unspecified atom stereocenters. The second kappa shape index (κ2) is 4.30. The molecule has 6 heteroatoms. The quantitative estimate of drug-likeness (QED) is 0.546. The van der Waals surface area contributed by atoms with Crippen LogP contribution in [0.4, 0.5) is 0 Å². The van der Waals surface area contributed by atoms with E-state index in [1.807, 2.05) is 24.3 Å². The first kappa shape index (κ1) is 11.0. The molecule has 0 saturated carbocycles. The fourth-order valence-corrected chi connectivity index (χ4v) is 2.58. The second-order valence-corrected chi connectivity index (χ2v) is 4.84. The molecule has 0 spiro atoms. The smallest absolute Gasteiger partial charge is 0.195 e. The summed E-state index contributed by atoms with van der Waals surface area (Å²) in [6, 6.07) is 9.30. The van der Waals surface area contributed by atoms with E-state index in [0.29, 0.717) is 11.3 Å². The molecule has 4 N–H and O–H groups in total. The van der Waals surface area contributed by atoms with Gasteiger partial charge in [0.15, 0.2) is 16.9 Å². The summed E-state index contributed by atoms with van der Waals surface area (Å²) in [6.07, 6.45) is 0. The maximum absolute atomic E-state index is 9.49. The fraction of sp³-hybridized carbons (Fsp3) is 0.0833. The van der Waals surface area contributed by atoms with Gasteiger partial charge in [0.25, 0.3) is 0 Å². The highest BCUT2D eigenvalue weighted by atomic mass is 32.2. The first-order valence-corrected chi connectivity index (χ1v) is 6.38. The Balaban J connectivity index is 1.78. The van der Waals surface area contributed by atoms with Crippen LogP contribution in [0, 0.1) is 0 Å². The van der Waals surface area contributed by atoms with Gasteiger partial charge in [-0.25, -0.2) is 4.98 Å². The third kappa shape index (κ3) is 2.02. The largest absolute Gasteiger partial charge is 0.495 e. The third-order valence-corrected chi connectivity index (χ3v) is 3.52. The molecule has 3 rings (SSSR count). The number of thioether (sulfide) groups is 1. The molecule has 0 bridgehead atoms. The van der Waals surface area contributed by atoms with E-state index >= 15 is 0 Å². The van der Waals surface area contributed by atoms with E-state index in [9.17, 15) is 10.2 Å². The number of H-pyrrole nitrogens is 2. The summed E-state index contributed by atoms with van der Waals surface area (Å²) in [5.41, 5.74) is 2.56. The highest BCUT2D eigenvalue weighted by Gasteiger charge is 2.08. The second-order valence-electron chi connectivity index (χ2n) is 3.88. The zero-order chi connectivity index (χ0) is 12.5. The number of para-hydroxylation sites is 2. The Morgan fingerprint density at radius 3 is 2.72 bits per heavy atom. The molecule has 2 heterocycles. The normalized spacial score (nSPS) is 11.1. The molecule has 0 aliphatic rings. The molecule has 5 nitrogen and oxygen atoms in total. The van der Waals surface area contributed by atoms with E-state index < -0.39 is 0 Å². The first-order valence-electron chi connectivity index (χ1n) is 5.40. The van der Waals surface area contributed by atoms with Crippen molar-refractivity contribution in [2.45, 2.75) is 10.9 Å². The zero-order valence-corrected chi connectivity index (χ0v) is 10.2. The Bertz CT molecular complexity index is 657. The van der Waals surface area contributed by atoms with Gasteiger partial charge in [0.05, 0.1) is 11.0 Å². The van der Waals surface area contributed by atoms with Crippen LogP contribution >= 0.6 is 11.8 Å². The van der Waals surface area contributed by atoms with E-state index in [-0.39, 0.29) is 11.8 Å². The molecule has 0 saturated heterocycles. The SMILES string of the molecule is Oc1cc(CSc2nc3ccccc3[nH]2)c(O)[nH]1. The lowest BCUT2D eigenvalue weighted by atomic mass is 10.3. The maximum atomic E-state index is 9.49. The molecular formula is C12H11N3O2S. The van der Waals surface area contributed by atoms with Gasteiger partial charge < -0.3 is 15.2 Å². The summed E-state index contributed by atoms with van der Waals surface area (Å²) >= 11 is 1.47. The van der Waals surface area contributed by atoms with Crippen molar-refractivity contribution in [3.05, 3.63) is 35.9 Å². The molecule has 1 aromatic carbocycles. The number of hydrogen-bond donors (Lipinski definition) is 4. The van der Waals surface area contributed by atoms with Gasteiger partial charge in [-0.3, -0.25) is 4.98 Å². The number of nitrogens with one attached hydrogen (secondary N) is 2. The molecular weight excluding hydrogens is 250 g/mol. The zero-order valence-electron chi connectivity index (χ0n) is 9.34. The molecule has 0 radical (unpaired) electrons. The van der Waals surface area contributed by atoms with Crippen molar-refractivity contribution in [1.82, 2.24) is 15.0 Å². The number of aromatic amines is 2. The molecule has 0 aliphatic carbocycles. The van der Waals surface area contributed by atoms with E-state index in [4.69, 9.17) is 0 Å². The van der Waals surface area contributed by atoms with Crippen molar-refractivity contribution in [2.75, 3.05) is 0 Å². The van der Waals surface area contributed by atoms with Crippen LogP contribution in [0.3, 0.4) is 0 Å². The number of aromatic hydroxyl groups is 2. The van der Waals surface area contributed by atoms with E-state index in [1.54, 1.807) is 0 Å². The van der Waals surface area contributed by atoms with Crippen molar-refractivity contribution >= 4 is 22.8 Å². The minimum Gasteiger partial charge on any atom is -0.495 e. The standard InChI is InChI=1S/C12H11N3O2S/c16-10-5-7(11(17)15-10)6-18-12-13-8-3-1-2-4-9(8)14-12/h1-5,15-17H,6H2,(H,13,14). The minimum atomic E-state index is -0.0345. The van der Waals surface area contributed by atoms with Crippen molar-refractivity contribution in [1.29, 1.82) is 0 Å². The van der Waals surface area contributed by atoms with E-state index in [2.05, 4.69) is 15.0 Å². The lowest BCUT2D eigenvalue weighted by molar-refractivity contribution is 0.424. The number of imidazole rings is 1. The summed E-state index contributed by atoms with van der Waals surface area (Å²) in [7, 11) is 0. The molecule has 0 fully saturated rings. The first-order chi connectivity index (χ1) is 8.72. The van der Waals surface area contributed by atoms with Crippen LogP contribution in [0.1, 0.15) is 5.56 Å². The maximum Gasteiger partial charge on any atom is 0.195 e. The Kier molecular flexibility index (Phi) is 2.64. The van der Waals surface area contributed by atoms with Gasteiger partial charge in [0.2, 0.25) is 0 Å². The number of aromatic nitrogens is 3. The lowest BCUT2D eigenvalue weighted by Gasteiger charge is -1.95. The van der Waals surface area contributed by atoms with Crippen LogP contribution in [0.15, 0.2) is 35.5 Å². The molecule has 92 valence electrons. The number of nitrogens with zero attached hydrogens (tertiary/aromatic N) is 1. The summed E-state index contributed by atoms with van der Waals surface area (Å²) in [5.74, 6) is 0.492.